The molecule has 3 heterocycles. The summed E-state index contributed by atoms with van der Waals surface area (Å²) < 4.78 is 5.23. The highest BCUT2D eigenvalue weighted by molar-refractivity contribution is 5.95. The van der Waals surface area contributed by atoms with Crippen LogP contribution in [-0.4, -0.2) is 63.5 Å². The monoisotopic (exact) mass is 453 g/mol. The Hall–Kier alpha value is -3.61. The molecule has 0 spiro atoms. The summed E-state index contributed by atoms with van der Waals surface area (Å²) in [5, 5.41) is 10.3. The quantitative estimate of drug-likeness (QED) is 0.398. The number of nitrogens with one attached hydrogen (secondary N) is 1. The number of nitrogens with zero attached hydrogens (tertiary/aromatic N) is 5. The molecule has 0 aliphatic carbocycles. The van der Waals surface area contributed by atoms with Crippen LogP contribution in [0.15, 0.2) is 29.9 Å². The van der Waals surface area contributed by atoms with E-state index in [1.165, 1.54) is 6.33 Å². The predicted molar refractivity (Wildman–Crippen MR) is 124 cm³/mol. The van der Waals surface area contributed by atoms with Gasteiger partial charge in [-0.15, -0.1) is 0 Å². The highest BCUT2D eigenvalue weighted by Crippen LogP contribution is 2.29. The number of nitriles is 1. The summed E-state index contributed by atoms with van der Waals surface area (Å²) in [7, 11) is 1.97. The van der Waals surface area contributed by atoms with Crippen LogP contribution < -0.4 is 10.6 Å². The van der Waals surface area contributed by atoms with Crippen LogP contribution in [0.2, 0.25) is 0 Å². The number of fused-ring (bicyclic) bond motifs is 1. The van der Waals surface area contributed by atoms with Crippen molar-refractivity contribution in [2.45, 2.75) is 52.2 Å². The van der Waals surface area contributed by atoms with Gasteiger partial charge in [0.15, 0.2) is 5.57 Å². The molecule has 10 nitrogen and oxygen atoms in total. The second kappa shape index (κ2) is 9.48. The summed E-state index contributed by atoms with van der Waals surface area (Å²) in [5.74, 6) is 0.0684. The Balaban J connectivity index is 1.75. The topological polar surface area (TPSA) is 141 Å². The van der Waals surface area contributed by atoms with Gasteiger partial charge in [0.1, 0.15) is 29.5 Å². The predicted octanol–water partition coefficient (Wildman–Crippen LogP) is 2.10. The van der Waals surface area contributed by atoms with Crippen molar-refractivity contribution in [3.63, 3.8) is 0 Å². The largest absolute Gasteiger partial charge is 0.456 e. The van der Waals surface area contributed by atoms with Crippen LogP contribution in [0.25, 0.3) is 11.0 Å². The van der Waals surface area contributed by atoms with Gasteiger partial charge >= 0.3 is 5.97 Å². The number of hydrogen-bond acceptors (Lipinski definition) is 8. The highest BCUT2D eigenvalue weighted by Gasteiger charge is 2.33. The molecule has 2 aromatic heterocycles. The fourth-order valence-electron chi connectivity index (χ4n) is 4.02. The number of anilines is 1. The third kappa shape index (κ3) is 5.42. The molecule has 0 saturated carbocycles. The Morgan fingerprint density at radius 1 is 1.39 bits per heavy atom. The SMILES string of the molecule is C[C@@H]1CCN(C(=O)C/C(N)=C(/C#N)C(=O)OC(C)(C)C)C[C@H]1N(C)c1ncnc2[nH]ccc12. The highest BCUT2D eigenvalue weighted by atomic mass is 16.6. The number of rotatable bonds is 5. The number of H-pyrrole nitrogens is 1. The molecule has 1 amide bonds. The van der Waals surface area contributed by atoms with Gasteiger partial charge in [-0.3, -0.25) is 4.79 Å². The number of aromatic nitrogens is 3. The van der Waals surface area contributed by atoms with Crippen molar-refractivity contribution in [1.29, 1.82) is 5.26 Å². The fraction of sp³-hybridized carbons (Fsp3) is 0.522. The van der Waals surface area contributed by atoms with Crippen molar-refractivity contribution in [3.8, 4) is 6.07 Å². The van der Waals surface area contributed by atoms with E-state index in [1.807, 2.05) is 19.3 Å². The Morgan fingerprint density at radius 3 is 2.79 bits per heavy atom. The lowest BCUT2D eigenvalue weighted by atomic mass is 9.92. The second-order valence-corrected chi connectivity index (χ2v) is 9.41. The van der Waals surface area contributed by atoms with Crippen molar-refractivity contribution in [3.05, 3.63) is 29.9 Å². The molecule has 176 valence electrons. The van der Waals surface area contributed by atoms with Crippen LogP contribution in [0.1, 0.15) is 40.5 Å². The molecule has 3 N–H and O–H groups in total. The lowest BCUT2D eigenvalue weighted by molar-refractivity contribution is -0.149. The number of esters is 1. The average molecular weight is 454 g/mol. The minimum Gasteiger partial charge on any atom is -0.456 e. The van der Waals surface area contributed by atoms with Gasteiger partial charge in [-0.1, -0.05) is 6.92 Å². The molecule has 0 aromatic carbocycles. The molecule has 2 atom stereocenters. The molecule has 1 aliphatic heterocycles. The molecule has 1 saturated heterocycles. The first-order valence-corrected chi connectivity index (χ1v) is 10.9. The molecule has 0 radical (unpaired) electrons. The van der Waals surface area contributed by atoms with Gasteiger partial charge in [0.2, 0.25) is 5.91 Å². The molecule has 10 heteroatoms. The van der Waals surface area contributed by atoms with E-state index in [4.69, 9.17) is 10.5 Å². The van der Waals surface area contributed by atoms with Crippen LogP contribution in [0.5, 0.6) is 0 Å². The summed E-state index contributed by atoms with van der Waals surface area (Å²) in [6, 6.07) is 3.75. The first kappa shape index (κ1) is 24.0. The van der Waals surface area contributed by atoms with Crippen LogP contribution >= 0.6 is 0 Å². The molecule has 33 heavy (non-hydrogen) atoms. The number of hydrogen-bond donors (Lipinski definition) is 2. The van der Waals surface area contributed by atoms with Crippen molar-refractivity contribution in [1.82, 2.24) is 19.9 Å². The second-order valence-electron chi connectivity index (χ2n) is 9.41. The molecular weight excluding hydrogens is 422 g/mol. The first-order chi connectivity index (χ1) is 15.5. The zero-order valence-corrected chi connectivity index (χ0v) is 19.8. The number of carbonyl (C=O) groups is 2. The Morgan fingerprint density at radius 2 is 2.12 bits per heavy atom. The van der Waals surface area contributed by atoms with Gasteiger partial charge < -0.3 is 25.3 Å². The molecule has 0 unspecified atom stereocenters. The number of piperidine rings is 1. The third-order valence-corrected chi connectivity index (χ3v) is 5.81. The van der Waals surface area contributed by atoms with Crippen LogP contribution in [0.3, 0.4) is 0 Å². The van der Waals surface area contributed by atoms with Gasteiger partial charge in [0, 0.05) is 32.0 Å². The molecule has 1 fully saturated rings. The van der Waals surface area contributed by atoms with Crippen LogP contribution in [0.4, 0.5) is 5.82 Å². The zero-order valence-electron chi connectivity index (χ0n) is 19.8. The summed E-state index contributed by atoms with van der Waals surface area (Å²) in [6.07, 6.45) is 3.93. The molecule has 3 rings (SSSR count). The normalized spacial score (nSPS) is 19.6. The van der Waals surface area contributed by atoms with Gasteiger partial charge in [-0.2, -0.15) is 5.26 Å². The number of carbonyl (C=O) groups excluding carboxylic acids is 2. The number of likely N-dealkylation sites (tertiary alicyclic amines) is 1. The van der Waals surface area contributed by atoms with E-state index in [0.717, 1.165) is 23.3 Å². The van der Waals surface area contributed by atoms with E-state index in [2.05, 4.69) is 26.8 Å². The smallest absolute Gasteiger partial charge is 0.351 e. The molecule has 0 bridgehead atoms. The van der Waals surface area contributed by atoms with E-state index >= 15 is 0 Å². The van der Waals surface area contributed by atoms with Crippen molar-refractivity contribution in [2.75, 3.05) is 25.0 Å². The fourth-order valence-corrected chi connectivity index (χ4v) is 4.02. The van der Waals surface area contributed by atoms with E-state index in [0.29, 0.717) is 19.0 Å². The van der Waals surface area contributed by atoms with Crippen molar-refractivity contribution in [2.24, 2.45) is 11.7 Å². The standard InChI is InChI=1S/C23H31N7O3/c1-14-7-9-30(19(31)10-17(25)16(11-24)22(32)33-23(2,3)4)12-18(14)29(5)21-15-6-8-26-20(15)27-13-28-21/h6,8,13-14,18H,7,9-10,12,25H2,1-5H3,(H,26,27,28)/b17-16+/t14-,18-/m1/s1. The van der Waals surface area contributed by atoms with Crippen molar-refractivity contribution >= 4 is 28.7 Å². The van der Waals surface area contributed by atoms with Gasteiger partial charge in [-0.25, -0.2) is 14.8 Å². The Kier molecular flexibility index (Phi) is 6.91. The van der Waals surface area contributed by atoms with Crippen LogP contribution in [0, 0.1) is 17.2 Å². The van der Waals surface area contributed by atoms with Crippen LogP contribution in [-0.2, 0) is 14.3 Å². The maximum Gasteiger partial charge on any atom is 0.351 e. The molecule has 1 aliphatic rings. The maximum absolute atomic E-state index is 13.0. The van der Waals surface area contributed by atoms with E-state index in [1.54, 1.807) is 31.7 Å². The van der Waals surface area contributed by atoms with Gasteiger partial charge in [0.05, 0.1) is 17.8 Å². The minimum atomic E-state index is -0.820. The van der Waals surface area contributed by atoms with E-state index in [9.17, 15) is 14.9 Å². The summed E-state index contributed by atoms with van der Waals surface area (Å²) in [6.45, 7) is 8.31. The maximum atomic E-state index is 13.0. The summed E-state index contributed by atoms with van der Waals surface area (Å²) in [4.78, 5) is 40.9. The lowest BCUT2D eigenvalue weighted by Crippen LogP contribution is -2.53. The Bertz CT molecular complexity index is 1110. The third-order valence-electron chi connectivity index (χ3n) is 5.81. The van der Waals surface area contributed by atoms with E-state index < -0.39 is 11.6 Å². The number of aromatic amines is 1. The first-order valence-electron chi connectivity index (χ1n) is 10.9. The minimum absolute atomic E-state index is 0.0298. The Labute approximate surface area is 193 Å². The molecule has 2 aromatic rings. The van der Waals surface area contributed by atoms with Gasteiger partial charge in [-0.05, 0) is 39.2 Å². The number of likely N-dealkylation sites (N-methyl/N-ethyl adjacent to an activating group) is 1. The molecular formula is C23H31N7O3. The summed E-state index contributed by atoms with van der Waals surface area (Å²) >= 11 is 0. The zero-order chi connectivity index (χ0) is 24.3. The average Bonchev–Trinajstić information content (AvgIpc) is 3.21. The number of nitrogens with two attached hydrogens (primary N) is 1. The lowest BCUT2D eigenvalue weighted by Gasteiger charge is -2.42. The number of ether oxygens (including phenoxy) is 1. The van der Waals surface area contributed by atoms with Crippen molar-refractivity contribution < 1.29 is 14.3 Å². The van der Waals surface area contributed by atoms with E-state index in [-0.39, 0.29) is 29.6 Å². The van der Waals surface area contributed by atoms with Gasteiger partial charge in [0.25, 0.3) is 0 Å². The summed E-state index contributed by atoms with van der Waals surface area (Å²) in [5.41, 5.74) is 5.58. The number of amides is 1.